The van der Waals surface area contributed by atoms with Gasteiger partial charge in [-0.15, -0.1) is 0 Å². The van der Waals surface area contributed by atoms with Crippen molar-refractivity contribution in [1.29, 1.82) is 0 Å². The van der Waals surface area contributed by atoms with E-state index in [4.69, 9.17) is 14.2 Å². The number of para-hydroxylation sites is 1. The van der Waals surface area contributed by atoms with Gasteiger partial charge in [0, 0.05) is 12.0 Å². The van der Waals surface area contributed by atoms with E-state index in [1.807, 2.05) is 18.2 Å². The maximum Gasteiger partial charge on any atom is 0.347 e. The van der Waals surface area contributed by atoms with Crippen molar-refractivity contribution in [3.63, 3.8) is 0 Å². The second-order valence-electron chi connectivity index (χ2n) is 3.51. The smallest absolute Gasteiger partial charge is 0.347 e. The Morgan fingerprint density at radius 3 is 3.06 bits per heavy atom. The van der Waals surface area contributed by atoms with E-state index in [0.717, 1.165) is 5.56 Å². The van der Waals surface area contributed by atoms with Gasteiger partial charge in [-0.25, -0.2) is 4.79 Å². The summed E-state index contributed by atoms with van der Waals surface area (Å²) in [5.74, 6) is 0.994. The first-order chi connectivity index (χ1) is 7.76. The molecule has 0 saturated heterocycles. The van der Waals surface area contributed by atoms with Crippen LogP contribution in [-0.4, -0.2) is 25.8 Å². The van der Waals surface area contributed by atoms with E-state index in [9.17, 15) is 4.79 Å². The average molecular weight is 222 g/mol. The Labute approximate surface area is 94.1 Å². The fraction of sp³-hybridized carbons (Fsp3) is 0.417. The first-order valence-electron chi connectivity index (χ1n) is 5.25. The molecule has 4 nitrogen and oxygen atoms in total. The van der Waals surface area contributed by atoms with E-state index in [1.54, 1.807) is 14.0 Å². The lowest BCUT2D eigenvalue weighted by Gasteiger charge is -2.10. The molecule has 0 bridgehead atoms. The van der Waals surface area contributed by atoms with Crippen LogP contribution >= 0.6 is 0 Å². The highest BCUT2D eigenvalue weighted by Gasteiger charge is 2.32. The van der Waals surface area contributed by atoms with Gasteiger partial charge in [-0.1, -0.05) is 12.1 Å². The van der Waals surface area contributed by atoms with E-state index in [1.165, 1.54) is 0 Å². The lowest BCUT2D eigenvalue weighted by Crippen LogP contribution is -2.27. The summed E-state index contributed by atoms with van der Waals surface area (Å²) in [5.41, 5.74) is 0.984. The van der Waals surface area contributed by atoms with Gasteiger partial charge in [-0.2, -0.15) is 0 Å². The number of methoxy groups -OCH3 is 1. The van der Waals surface area contributed by atoms with Crippen LogP contribution in [0, 0.1) is 0 Å². The van der Waals surface area contributed by atoms with Crippen molar-refractivity contribution in [3.8, 4) is 11.5 Å². The second-order valence-corrected chi connectivity index (χ2v) is 3.51. The van der Waals surface area contributed by atoms with Crippen LogP contribution in [0.2, 0.25) is 0 Å². The molecule has 1 aromatic carbocycles. The highest BCUT2D eigenvalue weighted by atomic mass is 16.6. The number of hydrogen-bond acceptors (Lipinski definition) is 4. The molecule has 0 saturated carbocycles. The molecule has 0 N–H and O–H groups in total. The van der Waals surface area contributed by atoms with Gasteiger partial charge in [-0.05, 0) is 13.0 Å². The van der Waals surface area contributed by atoms with Crippen molar-refractivity contribution < 1.29 is 19.0 Å². The summed E-state index contributed by atoms with van der Waals surface area (Å²) < 4.78 is 15.6. The fourth-order valence-corrected chi connectivity index (χ4v) is 1.77. The van der Waals surface area contributed by atoms with Gasteiger partial charge in [0.05, 0.1) is 13.7 Å². The van der Waals surface area contributed by atoms with Crippen LogP contribution in [0.4, 0.5) is 0 Å². The van der Waals surface area contributed by atoms with Gasteiger partial charge in [0.2, 0.25) is 0 Å². The maximum atomic E-state index is 11.5. The third-order valence-electron chi connectivity index (χ3n) is 2.50. The van der Waals surface area contributed by atoms with E-state index in [-0.39, 0.29) is 5.97 Å². The molecule has 0 radical (unpaired) electrons. The van der Waals surface area contributed by atoms with Gasteiger partial charge >= 0.3 is 5.97 Å². The van der Waals surface area contributed by atoms with Crippen molar-refractivity contribution in [3.05, 3.63) is 23.8 Å². The Morgan fingerprint density at radius 2 is 2.38 bits per heavy atom. The lowest BCUT2D eigenvalue weighted by molar-refractivity contribution is -0.150. The number of benzene rings is 1. The molecule has 0 amide bonds. The van der Waals surface area contributed by atoms with Crippen molar-refractivity contribution >= 4 is 5.97 Å². The first-order valence-corrected chi connectivity index (χ1v) is 5.25. The SMILES string of the molecule is CCOC(=O)C1Cc2cccc(OC)c2O1. The molecule has 0 fully saturated rings. The van der Waals surface area contributed by atoms with Crippen LogP contribution in [0.5, 0.6) is 11.5 Å². The zero-order valence-electron chi connectivity index (χ0n) is 9.36. The molecule has 1 heterocycles. The summed E-state index contributed by atoms with van der Waals surface area (Å²) in [7, 11) is 1.58. The third-order valence-corrected chi connectivity index (χ3v) is 2.50. The van der Waals surface area contributed by atoms with Crippen LogP contribution in [0.15, 0.2) is 18.2 Å². The Bertz CT molecular complexity index is 400. The molecule has 16 heavy (non-hydrogen) atoms. The molecule has 4 heteroatoms. The van der Waals surface area contributed by atoms with Crippen molar-refractivity contribution in [2.24, 2.45) is 0 Å². The predicted octanol–water partition coefficient (Wildman–Crippen LogP) is 1.56. The second kappa shape index (κ2) is 4.43. The summed E-state index contributed by atoms with van der Waals surface area (Å²) in [6.45, 7) is 2.15. The number of fused-ring (bicyclic) bond motifs is 1. The van der Waals surface area contributed by atoms with Crippen LogP contribution < -0.4 is 9.47 Å². The number of hydrogen-bond donors (Lipinski definition) is 0. The number of esters is 1. The number of rotatable bonds is 3. The molecule has 1 aromatic rings. The van der Waals surface area contributed by atoms with Crippen LogP contribution in [0.1, 0.15) is 12.5 Å². The predicted molar refractivity (Wildman–Crippen MR) is 57.7 cm³/mol. The van der Waals surface area contributed by atoms with Gasteiger partial charge in [0.25, 0.3) is 0 Å². The minimum absolute atomic E-state index is 0.319. The quantitative estimate of drug-likeness (QED) is 0.728. The Hall–Kier alpha value is -1.71. The number of carbonyl (C=O) groups is 1. The van der Waals surface area contributed by atoms with E-state index in [2.05, 4.69) is 0 Å². The van der Waals surface area contributed by atoms with E-state index >= 15 is 0 Å². The number of ether oxygens (including phenoxy) is 3. The van der Waals surface area contributed by atoms with E-state index < -0.39 is 6.10 Å². The molecular formula is C12H14O4. The minimum Gasteiger partial charge on any atom is -0.493 e. The van der Waals surface area contributed by atoms with Gasteiger partial charge < -0.3 is 14.2 Å². The van der Waals surface area contributed by atoms with Gasteiger partial charge in [0.1, 0.15) is 0 Å². The molecule has 86 valence electrons. The first kappa shape index (κ1) is 10.8. The Balaban J connectivity index is 2.17. The Morgan fingerprint density at radius 1 is 1.56 bits per heavy atom. The van der Waals surface area contributed by atoms with Crippen molar-refractivity contribution in [2.75, 3.05) is 13.7 Å². The van der Waals surface area contributed by atoms with Crippen LogP contribution in [0.25, 0.3) is 0 Å². The normalized spacial score (nSPS) is 17.5. The zero-order valence-corrected chi connectivity index (χ0v) is 9.36. The zero-order chi connectivity index (χ0) is 11.5. The average Bonchev–Trinajstić information content (AvgIpc) is 2.72. The summed E-state index contributed by atoms with van der Waals surface area (Å²) in [6, 6.07) is 5.62. The van der Waals surface area contributed by atoms with Gasteiger partial charge in [-0.3, -0.25) is 0 Å². The van der Waals surface area contributed by atoms with Gasteiger partial charge in [0.15, 0.2) is 17.6 Å². The van der Waals surface area contributed by atoms with Crippen molar-refractivity contribution in [2.45, 2.75) is 19.4 Å². The van der Waals surface area contributed by atoms with Crippen LogP contribution in [0.3, 0.4) is 0 Å². The highest BCUT2D eigenvalue weighted by molar-refractivity contribution is 5.77. The summed E-state index contributed by atoms with van der Waals surface area (Å²) >= 11 is 0. The molecule has 0 spiro atoms. The largest absolute Gasteiger partial charge is 0.493 e. The Kier molecular flexibility index (Phi) is 2.99. The highest BCUT2D eigenvalue weighted by Crippen LogP contribution is 2.37. The molecule has 0 aromatic heterocycles. The number of carbonyl (C=O) groups excluding carboxylic acids is 1. The van der Waals surface area contributed by atoms with Crippen molar-refractivity contribution in [1.82, 2.24) is 0 Å². The molecule has 1 aliphatic heterocycles. The maximum absolute atomic E-state index is 11.5. The summed E-state index contributed by atoms with van der Waals surface area (Å²) in [5, 5.41) is 0. The molecule has 1 aliphatic rings. The molecule has 1 unspecified atom stereocenters. The molecule has 0 aliphatic carbocycles. The fourth-order valence-electron chi connectivity index (χ4n) is 1.77. The minimum atomic E-state index is -0.536. The van der Waals surface area contributed by atoms with Crippen LogP contribution in [-0.2, 0) is 16.0 Å². The molecule has 1 atom stereocenters. The third kappa shape index (κ3) is 1.83. The van der Waals surface area contributed by atoms with E-state index in [0.29, 0.717) is 24.5 Å². The molecular weight excluding hydrogens is 208 g/mol. The monoisotopic (exact) mass is 222 g/mol. The topological polar surface area (TPSA) is 44.8 Å². The lowest BCUT2D eigenvalue weighted by atomic mass is 10.1. The summed E-state index contributed by atoms with van der Waals surface area (Å²) in [4.78, 5) is 11.5. The standard InChI is InChI=1S/C12H14O4/c1-3-15-12(13)10-7-8-5-4-6-9(14-2)11(8)16-10/h4-6,10H,3,7H2,1-2H3. The molecule has 2 rings (SSSR count). The summed E-state index contributed by atoms with van der Waals surface area (Å²) in [6.07, 6.45) is 0.0111.